The summed E-state index contributed by atoms with van der Waals surface area (Å²) in [7, 11) is 2.57. The van der Waals surface area contributed by atoms with E-state index in [0.717, 1.165) is 77.2 Å². The molecule has 2 aliphatic rings. The van der Waals surface area contributed by atoms with E-state index in [1.54, 1.807) is 0 Å². The van der Waals surface area contributed by atoms with Crippen LogP contribution in [0, 0.1) is 11.8 Å². The zero-order valence-corrected chi connectivity index (χ0v) is 31.2. The molecule has 0 spiro atoms. The van der Waals surface area contributed by atoms with Gasteiger partial charge in [-0.25, -0.2) is 19.6 Å². The van der Waals surface area contributed by atoms with Crippen molar-refractivity contribution in [1.82, 2.24) is 40.8 Å². The maximum absolute atomic E-state index is 13.6. The molecule has 1 saturated heterocycles. The van der Waals surface area contributed by atoms with Crippen molar-refractivity contribution in [3.8, 4) is 22.4 Å². The molecule has 0 radical (unpaired) electrons. The van der Waals surface area contributed by atoms with Crippen molar-refractivity contribution < 1.29 is 28.7 Å². The Hall–Kier alpha value is -5.40. The van der Waals surface area contributed by atoms with E-state index in [9.17, 15) is 19.2 Å². The van der Waals surface area contributed by atoms with Crippen LogP contribution in [0.15, 0.2) is 48.7 Å². The standard InChI is InChI=1S/C39H50N8O6/c1-21(2)32(45-38(50)52-5)36(48)44-27-10-7-9-26(27)34-40-20-30(43-34)24-14-12-23(13-15-24)25-16-17-28-29(19-25)42-35(41-28)31-11-8-18-47(31)37(49)33(22(3)4)46-39(51)53-6/h12-17,19-22,26-27,31-33H,7-11,18H2,1-6H3,(H,40,43)(H,41,42)(H,44,48)(H,45,50)(H,46,51)/t26-,27-,31-,32-,33?/m0/s1. The second-order valence-corrected chi connectivity index (χ2v) is 14.7. The van der Waals surface area contributed by atoms with Gasteiger partial charge < -0.3 is 40.3 Å². The SMILES string of the molecule is COC(=O)NC(C(=O)N1CCC[C@H]1c1nc2ccc(-c3ccc(-c4cnc([C@H]5CCC[C@@H]5NC(=O)[C@@H](NC(=O)OC)C(C)C)[nH]4)cc3)cc2[nH]1)C(C)C. The number of nitrogens with zero attached hydrogens (tertiary/aromatic N) is 3. The molecule has 0 bridgehead atoms. The van der Waals surface area contributed by atoms with Gasteiger partial charge in [0.25, 0.3) is 0 Å². The minimum absolute atomic E-state index is 0.0338. The van der Waals surface area contributed by atoms with Crippen molar-refractivity contribution in [1.29, 1.82) is 0 Å². The number of rotatable bonds is 11. The summed E-state index contributed by atoms with van der Waals surface area (Å²) >= 11 is 0. The highest BCUT2D eigenvalue weighted by atomic mass is 16.5. The second-order valence-electron chi connectivity index (χ2n) is 14.7. The minimum Gasteiger partial charge on any atom is -0.453 e. The number of H-pyrrole nitrogens is 2. The Morgan fingerprint density at radius 1 is 0.792 bits per heavy atom. The molecule has 5 atom stereocenters. The average molecular weight is 727 g/mol. The van der Waals surface area contributed by atoms with E-state index in [-0.39, 0.29) is 41.7 Å². The first kappa shape index (κ1) is 37.4. The first-order chi connectivity index (χ1) is 25.5. The molecule has 282 valence electrons. The van der Waals surface area contributed by atoms with Gasteiger partial charge in [0.15, 0.2) is 0 Å². The summed E-state index contributed by atoms with van der Waals surface area (Å²) in [5, 5.41) is 8.50. The van der Waals surface area contributed by atoms with Crippen LogP contribution in [0.2, 0.25) is 0 Å². The molecule has 5 N–H and O–H groups in total. The maximum atomic E-state index is 13.6. The summed E-state index contributed by atoms with van der Waals surface area (Å²) in [5.41, 5.74) is 5.64. The molecule has 14 heteroatoms. The highest BCUT2D eigenvalue weighted by Gasteiger charge is 2.38. The Bertz CT molecular complexity index is 1940. The molecule has 2 fully saturated rings. The van der Waals surface area contributed by atoms with Crippen molar-refractivity contribution in [2.45, 2.75) is 89.9 Å². The Morgan fingerprint density at radius 2 is 1.45 bits per heavy atom. The molecule has 1 aliphatic carbocycles. The van der Waals surface area contributed by atoms with Crippen LogP contribution in [0.5, 0.6) is 0 Å². The van der Waals surface area contributed by atoms with Gasteiger partial charge in [-0.3, -0.25) is 9.59 Å². The fraction of sp³-hybridized carbons (Fsp3) is 0.487. The summed E-state index contributed by atoms with van der Waals surface area (Å²) < 4.78 is 9.48. The fourth-order valence-electron chi connectivity index (χ4n) is 7.53. The first-order valence-electron chi connectivity index (χ1n) is 18.4. The van der Waals surface area contributed by atoms with Gasteiger partial charge in [0, 0.05) is 18.5 Å². The summed E-state index contributed by atoms with van der Waals surface area (Å²) in [6, 6.07) is 12.7. The number of imidazole rings is 2. The molecule has 1 saturated carbocycles. The van der Waals surface area contributed by atoms with Crippen LogP contribution in [0.4, 0.5) is 9.59 Å². The monoisotopic (exact) mass is 726 g/mol. The number of methoxy groups -OCH3 is 2. The van der Waals surface area contributed by atoms with Gasteiger partial charge in [0.05, 0.1) is 43.2 Å². The maximum Gasteiger partial charge on any atom is 0.407 e. The summed E-state index contributed by atoms with van der Waals surface area (Å²) in [6.07, 6.45) is 4.89. The number of hydrogen-bond acceptors (Lipinski definition) is 8. The Labute approximate surface area is 309 Å². The van der Waals surface area contributed by atoms with Gasteiger partial charge in [-0.15, -0.1) is 0 Å². The third-order valence-corrected chi connectivity index (χ3v) is 10.5. The van der Waals surface area contributed by atoms with Crippen molar-refractivity contribution in [2.24, 2.45) is 11.8 Å². The molecule has 53 heavy (non-hydrogen) atoms. The summed E-state index contributed by atoms with van der Waals surface area (Å²) in [4.78, 5) is 68.9. The number of nitrogens with one attached hydrogen (secondary N) is 5. The number of ether oxygens (including phenoxy) is 2. The van der Waals surface area contributed by atoms with Crippen LogP contribution in [-0.4, -0.2) is 87.7 Å². The number of aromatic nitrogens is 4. The molecule has 2 aromatic carbocycles. The van der Waals surface area contributed by atoms with Crippen LogP contribution in [0.3, 0.4) is 0 Å². The van der Waals surface area contributed by atoms with E-state index in [0.29, 0.717) is 6.54 Å². The van der Waals surface area contributed by atoms with Crippen LogP contribution in [-0.2, 0) is 19.1 Å². The Balaban J connectivity index is 1.13. The molecular weight excluding hydrogens is 676 g/mol. The molecule has 2 aromatic heterocycles. The zero-order valence-electron chi connectivity index (χ0n) is 31.2. The van der Waals surface area contributed by atoms with Crippen molar-refractivity contribution >= 4 is 35.0 Å². The van der Waals surface area contributed by atoms with E-state index >= 15 is 0 Å². The van der Waals surface area contributed by atoms with Crippen LogP contribution < -0.4 is 16.0 Å². The zero-order chi connectivity index (χ0) is 37.8. The Morgan fingerprint density at radius 3 is 2.13 bits per heavy atom. The molecule has 14 nitrogen and oxygen atoms in total. The highest BCUT2D eigenvalue weighted by Crippen LogP contribution is 2.36. The molecule has 4 aromatic rings. The van der Waals surface area contributed by atoms with E-state index in [4.69, 9.17) is 19.4 Å². The van der Waals surface area contributed by atoms with Gasteiger partial charge in [-0.05, 0) is 66.3 Å². The van der Waals surface area contributed by atoms with Gasteiger partial charge in [-0.1, -0.05) is 64.4 Å². The number of aromatic amines is 2. The molecule has 1 aliphatic heterocycles. The van der Waals surface area contributed by atoms with Gasteiger partial charge >= 0.3 is 12.2 Å². The first-order valence-corrected chi connectivity index (χ1v) is 18.4. The lowest BCUT2D eigenvalue weighted by Crippen LogP contribution is -2.52. The van der Waals surface area contributed by atoms with Crippen molar-refractivity contribution in [2.75, 3.05) is 20.8 Å². The normalized spacial score (nSPS) is 19.7. The number of alkyl carbamates (subject to hydrolysis) is 2. The molecule has 4 amide bonds. The topological polar surface area (TPSA) is 183 Å². The van der Waals surface area contributed by atoms with Gasteiger partial charge in [0.2, 0.25) is 11.8 Å². The number of carbonyl (C=O) groups excluding carboxylic acids is 4. The number of hydrogen-bond donors (Lipinski definition) is 5. The van der Waals surface area contributed by atoms with Crippen LogP contribution >= 0.6 is 0 Å². The third-order valence-electron chi connectivity index (χ3n) is 10.5. The van der Waals surface area contributed by atoms with Crippen LogP contribution in [0.25, 0.3) is 33.4 Å². The number of likely N-dealkylation sites (tertiary alicyclic amines) is 1. The quantitative estimate of drug-likeness (QED) is 0.129. The lowest BCUT2D eigenvalue weighted by molar-refractivity contribution is -0.135. The minimum atomic E-state index is -0.695. The number of carbonyl (C=O) groups is 4. The molecule has 1 unspecified atom stereocenters. The van der Waals surface area contributed by atoms with E-state index in [1.807, 2.05) is 50.9 Å². The highest BCUT2D eigenvalue weighted by molar-refractivity contribution is 5.87. The second kappa shape index (κ2) is 16.1. The predicted molar refractivity (Wildman–Crippen MR) is 200 cm³/mol. The molecular formula is C39H50N8O6. The smallest absolute Gasteiger partial charge is 0.407 e. The number of fused-ring (bicyclic) bond motifs is 1. The van der Waals surface area contributed by atoms with Crippen molar-refractivity contribution in [3.63, 3.8) is 0 Å². The Kier molecular flexibility index (Phi) is 11.3. The predicted octanol–water partition coefficient (Wildman–Crippen LogP) is 5.80. The lowest BCUT2D eigenvalue weighted by atomic mass is 10.00. The summed E-state index contributed by atoms with van der Waals surface area (Å²) in [5.74, 6) is 1.02. The molecule has 6 rings (SSSR count). The number of benzene rings is 2. The number of amides is 4. The van der Waals surface area contributed by atoms with Gasteiger partial charge in [-0.2, -0.15) is 0 Å². The van der Waals surface area contributed by atoms with Gasteiger partial charge in [0.1, 0.15) is 23.7 Å². The average Bonchev–Trinajstić information content (AvgIpc) is 3.98. The fourth-order valence-corrected chi connectivity index (χ4v) is 7.53. The van der Waals surface area contributed by atoms with E-state index in [2.05, 4.69) is 56.3 Å². The largest absolute Gasteiger partial charge is 0.453 e. The molecule has 3 heterocycles. The van der Waals surface area contributed by atoms with Crippen LogP contribution in [0.1, 0.15) is 83.4 Å². The van der Waals surface area contributed by atoms with E-state index in [1.165, 1.54) is 14.2 Å². The third kappa shape index (κ3) is 8.16. The van der Waals surface area contributed by atoms with E-state index < -0.39 is 24.3 Å². The summed E-state index contributed by atoms with van der Waals surface area (Å²) in [6.45, 7) is 8.16. The van der Waals surface area contributed by atoms with Crippen molar-refractivity contribution in [3.05, 3.63) is 60.3 Å². The lowest BCUT2D eigenvalue weighted by Gasteiger charge is -2.29.